The number of anilines is 1. The summed E-state index contributed by atoms with van der Waals surface area (Å²) in [7, 11) is 3.86. The second-order valence-electron chi connectivity index (χ2n) is 8.26. The van der Waals surface area contributed by atoms with Gasteiger partial charge in [0.05, 0.1) is 6.54 Å². The average Bonchev–Trinajstić information content (AvgIpc) is 3.05. The molecule has 2 aromatic rings. The first-order valence-electron chi connectivity index (χ1n) is 10.6. The number of hydrogen-bond acceptors (Lipinski definition) is 5. The molecule has 32 heavy (non-hydrogen) atoms. The topological polar surface area (TPSA) is 91.0 Å². The highest BCUT2D eigenvalue weighted by Gasteiger charge is 2.46. The number of carbonyl (C=O) groups is 3. The molecule has 8 heteroatoms. The summed E-state index contributed by atoms with van der Waals surface area (Å²) in [4.78, 5) is 40.7. The second-order valence-corrected chi connectivity index (χ2v) is 8.26. The zero-order chi connectivity index (χ0) is 23.3. The predicted molar refractivity (Wildman–Crippen MR) is 122 cm³/mol. The zero-order valence-electron chi connectivity index (χ0n) is 18.9. The number of aryl methyl sites for hydroxylation is 1. The quantitative estimate of drug-likeness (QED) is 0.661. The molecule has 8 nitrogen and oxygen atoms in total. The maximum Gasteiger partial charge on any atom is 0.411 e. The van der Waals surface area contributed by atoms with Crippen molar-refractivity contribution < 1.29 is 19.1 Å². The maximum atomic E-state index is 13.2. The van der Waals surface area contributed by atoms with Crippen LogP contribution in [0.5, 0.6) is 0 Å². The van der Waals surface area contributed by atoms with Gasteiger partial charge >= 0.3 is 6.09 Å². The molecule has 1 aliphatic rings. The molecule has 2 aromatic carbocycles. The third-order valence-corrected chi connectivity index (χ3v) is 5.24. The normalized spacial score (nSPS) is 17.9. The van der Waals surface area contributed by atoms with E-state index in [9.17, 15) is 14.4 Å². The minimum Gasteiger partial charge on any atom is -0.438 e. The van der Waals surface area contributed by atoms with E-state index in [2.05, 4.69) is 10.6 Å². The first-order chi connectivity index (χ1) is 15.2. The largest absolute Gasteiger partial charge is 0.438 e. The van der Waals surface area contributed by atoms with Crippen LogP contribution in [0.15, 0.2) is 48.5 Å². The number of nitrogens with zero attached hydrogens (tertiary/aromatic N) is 2. The minimum atomic E-state index is -0.808. The molecule has 1 fully saturated rings. The fourth-order valence-corrected chi connectivity index (χ4v) is 3.57. The summed E-state index contributed by atoms with van der Waals surface area (Å²) < 4.78 is 5.67. The summed E-state index contributed by atoms with van der Waals surface area (Å²) >= 11 is 0. The molecule has 2 unspecified atom stereocenters. The van der Waals surface area contributed by atoms with Gasteiger partial charge < -0.3 is 20.3 Å². The van der Waals surface area contributed by atoms with Crippen molar-refractivity contribution in [1.29, 1.82) is 0 Å². The van der Waals surface area contributed by atoms with E-state index in [1.54, 1.807) is 24.3 Å². The van der Waals surface area contributed by atoms with E-state index in [4.69, 9.17) is 4.74 Å². The average molecular weight is 439 g/mol. The van der Waals surface area contributed by atoms with Crippen LogP contribution >= 0.6 is 0 Å². The first-order valence-corrected chi connectivity index (χ1v) is 10.6. The number of hydrogen-bond donors (Lipinski definition) is 2. The Labute approximate surface area is 188 Å². The summed E-state index contributed by atoms with van der Waals surface area (Å²) in [6.07, 6.45) is -1.28. The number of likely N-dealkylation sites (N-methyl/N-ethyl adjacent to an activating group) is 1. The Morgan fingerprint density at radius 1 is 1.06 bits per heavy atom. The molecule has 170 valence electrons. The molecule has 0 spiro atoms. The van der Waals surface area contributed by atoms with Gasteiger partial charge in [0, 0.05) is 25.7 Å². The number of amides is 3. The van der Waals surface area contributed by atoms with Gasteiger partial charge in [0.2, 0.25) is 11.8 Å². The van der Waals surface area contributed by atoms with Crippen LogP contribution in [0, 0.1) is 6.92 Å². The van der Waals surface area contributed by atoms with Crippen LogP contribution in [0.1, 0.15) is 29.7 Å². The zero-order valence-corrected chi connectivity index (χ0v) is 18.9. The molecular weight excluding hydrogens is 408 g/mol. The molecule has 0 saturated carbocycles. The Morgan fingerprint density at radius 3 is 2.31 bits per heavy atom. The number of nitrogens with one attached hydrogen (secondary N) is 2. The van der Waals surface area contributed by atoms with Crippen molar-refractivity contribution in [1.82, 2.24) is 15.1 Å². The molecule has 0 radical (unpaired) electrons. The van der Waals surface area contributed by atoms with Crippen LogP contribution in [0.2, 0.25) is 0 Å². The smallest absolute Gasteiger partial charge is 0.411 e. The molecule has 1 aliphatic heterocycles. The van der Waals surface area contributed by atoms with E-state index in [-0.39, 0.29) is 18.4 Å². The van der Waals surface area contributed by atoms with Gasteiger partial charge in [0.15, 0.2) is 12.1 Å². The van der Waals surface area contributed by atoms with Crippen LogP contribution < -0.4 is 10.6 Å². The van der Waals surface area contributed by atoms with Crippen LogP contribution in [-0.4, -0.2) is 60.9 Å². The molecule has 3 rings (SSSR count). The second kappa shape index (κ2) is 10.3. The SMILES string of the molecule is CC(=O)Nc1ccc(C2OC(=O)N(Cc3ccc(C)cc3)C2C(=O)NCCN(C)C)cc1. The fraction of sp³-hybridized carbons (Fsp3) is 0.375. The monoisotopic (exact) mass is 438 g/mol. The first kappa shape index (κ1) is 23.3. The highest BCUT2D eigenvalue weighted by Crippen LogP contribution is 2.34. The molecule has 0 aromatic heterocycles. The van der Waals surface area contributed by atoms with Gasteiger partial charge in [0.25, 0.3) is 0 Å². The van der Waals surface area contributed by atoms with E-state index < -0.39 is 18.2 Å². The van der Waals surface area contributed by atoms with Crippen molar-refractivity contribution in [3.63, 3.8) is 0 Å². The lowest BCUT2D eigenvalue weighted by Crippen LogP contribution is -2.47. The van der Waals surface area contributed by atoms with Crippen molar-refractivity contribution in [2.24, 2.45) is 0 Å². The molecule has 1 heterocycles. The fourth-order valence-electron chi connectivity index (χ4n) is 3.57. The Bertz CT molecular complexity index is 957. The highest BCUT2D eigenvalue weighted by atomic mass is 16.6. The third kappa shape index (κ3) is 5.85. The van der Waals surface area contributed by atoms with Crippen LogP contribution in [0.3, 0.4) is 0 Å². The number of rotatable bonds is 8. The minimum absolute atomic E-state index is 0.174. The number of benzene rings is 2. The Hall–Kier alpha value is -3.39. The molecule has 3 amide bonds. The third-order valence-electron chi connectivity index (χ3n) is 5.24. The van der Waals surface area contributed by atoms with Gasteiger partial charge in [-0.15, -0.1) is 0 Å². The van der Waals surface area contributed by atoms with Crippen molar-refractivity contribution in [3.8, 4) is 0 Å². The summed E-state index contributed by atoms with van der Waals surface area (Å²) in [5.74, 6) is -0.437. The lowest BCUT2D eigenvalue weighted by Gasteiger charge is -2.24. The van der Waals surface area contributed by atoms with Gasteiger partial charge in [-0.1, -0.05) is 42.0 Å². The predicted octanol–water partition coefficient (Wildman–Crippen LogP) is 2.69. The van der Waals surface area contributed by atoms with E-state index in [0.29, 0.717) is 24.3 Å². The maximum absolute atomic E-state index is 13.2. The van der Waals surface area contributed by atoms with Crippen molar-refractivity contribution in [3.05, 3.63) is 65.2 Å². The van der Waals surface area contributed by atoms with Gasteiger partial charge in [-0.3, -0.25) is 14.5 Å². The molecule has 2 N–H and O–H groups in total. The molecule has 1 saturated heterocycles. The molecule has 0 aliphatic carbocycles. The number of cyclic esters (lactones) is 1. The standard InChI is InChI=1S/C24H30N4O4/c1-16-5-7-18(8-6-16)15-28-21(23(30)25-13-14-27(3)4)22(32-24(28)31)19-9-11-20(12-10-19)26-17(2)29/h5-12,21-22H,13-15H2,1-4H3,(H,25,30)(H,26,29). The lowest BCUT2D eigenvalue weighted by atomic mass is 10.00. The van der Waals surface area contributed by atoms with E-state index >= 15 is 0 Å². The van der Waals surface area contributed by atoms with Gasteiger partial charge in [-0.25, -0.2) is 4.79 Å². The van der Waals surface area contributed by atoms with Gasteiger partial charge in [-0.05, 0) is 44.3 Å². The number of carbonyl (C=O) groups excluding carboxylic acids is 3. The van der Waals surface area contributed by atoms with Gasteiger partial charge in [0.1, 0.15) is 0 Å². The van der Waals surface area contributed by atoms with Crippen molar-refractivity contribution in [2.45, 2.75) is 32.5 Å². The highest BCUT2D eigenvalue weighted by molar-refractivity contribution is 5.90. The van der Waals surface area contributed by atoms with Gasteiger partial charge in [-0.2, -0.15) is 0 Å². The summed E-state index contributed by atoms with van der Waals surface area (Å²) in [5, 5.41) is 5.64. The van der Waals surface area contributed by atoms with Crippen LogP contribution in [0.25, 0.3) is 0 Å². The van der Waals surface area contributed by atoms with Crippen molar-refractivity contribution in [2.75, 3.05) is 32.5 Å². The Kier molecular flexibility index (Phi) is 7.48. The van der Waals surface area contributed by atoms with E-state index in [0.717, 1.165) is 11.1 Å². The summed E-state index contributed by atoms with van der Waals surface area (Å²) in [6.45, 7) is 4.84. The van der Waals surface area contributed by atoms with E-state index in [1.165, 1.54) is 11.8 Å². The molecule has 0 bridgehead atoms. The molecular formula is C24H30N4O4. The molecule has 2 atom stereocenters. The Balaban J connectivity index is 1.85. The van der Waals surface area contributed by atoms with E-state index in [1.807, 2.05) is 50.2 Å². The number of ether oxygens (including phenoxy) is 1. The van der Waals surface area contributed by atoms with Crippen LogP contribution in [0.4, 0.5) is 10.5 Å². The summed E-state index contributed by atoms with van der Waals surface area (Å²) in [5.41, 5.74) is 3.36. The Morgan fingerprint density at radius 2 is 1.72 bits per heavy atom. The van der Waals surface area contributed by atoms with Crippen LogP contribution in [-0.2, 0) is 20.9 Å². The lowest BCUT2D eigenvalue weighted by molar-refractivity contribution is -0.126. The summed E-state index contributed by atoms with van der Waals surface area (Å²) in [6, 6.07) is 14.0. The van der Waals surface area contributed by atoms with Crippen molar-refractivity contribution >= 4 is 23.6 Å².